The highest BCUT2D eigenvalue weighted by Gasteiger charge is 1.95. The Morgan fingerprint density at radius 3 is 0.652 bits per heavy atom. The summed E-state index contributed by atoms with van der Waals surface area (Å²) in [7, 11) is 0. The molecule has 1 aliphatic rings. The fourth-order valence-corrected chi connectivity index (χ4v) is 1.06. The van der Waals surface area contributed by atoms with Crippen molar-refractivity contribution in [2.45, 2.75) is 80.1 Å². The standard InChI is InChI=1S/C6H12.2C4H10.2CH2O3.H2O/c1-2-4-6-5-3-1;2*1-4(2)3;2*2-1(3)4;/h1-6H2;2*4H,1-3H3;2*(H2,2,3,4);1H2. The summed E-state index contributed by atoms with van der Waals surface area (Å²) in [6.45, 7) is 13.0. The molecule has 1 aliphatic carbocycles. The molecule has 7 nitrogen and oxygen atoms in total. The summed E-state index contributed by atoms with van der Waals surface area (Å²) in [5.41, 5.74) is 0. The van der Waals surface area contributed by atoms with Gasteiger partial charge in [0.05, 0.1) is 0 Å². The first-order valence-corrected chi connectivity index (χ1v) is 7.77. The van der Waals surface area contributed by atoms with E-state index in [-0.39, 0.29) is 5.48 Å². The van der Waals surface area contributed by atoms with Crippen molar-refractivity contribution in [2.24, 2.45) is 11.8 Å². The van der Waals surface area contributed by atoms with Crippen molar-refractivity contribution in [1.29, 1.82) is 0 Å². The average Bonchev–Trinajstić information content (AvgIpc) is 2.28. The van der Waals surface area contributed by atoms with Gasteiger partial charge in [-0.3, -0.25) is 0 Å². The molecular formula is C16H38O7. The van der Waals surface area contributed by atoms with Crippen LogP contribution >= 0.6 is 0 Å². The Morgan fingerprint density at radius 1 is 0.565 bits per heavy atom. The summed E-state index contributed by atoms with van der Waals surface area (Å²) in [6.07, 6.45) is 5.33. The summed E-state index contributed by atoms with van der Waals surface area (Å²) in [6, 6.07) is 0. The highest BCUT2D eigenvalue weighted by Crippen LogP contribution is 2.15. The number of hydrogen-bond donors (Lipinski definition) is 4. The molecule has 6 N–H and O–H groups in total. The maximum absolute atomic E-state index is 8.56. The van der Waals surface area contributed by atoms with Gasteiger partial charge in [-0.1, -0.05) is 80.1 Å². The Balaban J connectivity index is -0.0000000591. The van der Waals surface area contributed by atoms with Crippen LogP contribution in [0.1, 0.15) is 80.1 Å². The average molecular weight is 342 g/mol. The molecule has 0 aromatic rings. The summed E-state index contributed by atoms with van der Waals surface area (Å²) < 4.78 is 0. The van der Waals surface area contributed by atoms with E-state index >= 15 is 0 Å². The first kappa shape index (κ1) is 33.2. The Morgan fingerprint density at radius 2 is 0.609 bits per heavy atom. The van der Waals surface area contributed by atoms with Gasteiger partial charge in [-0.15, -0.1) is 0 Å². The first-order valence-electron chi connectivity index (χ1n) is 7.77. The number of rotatable bonds is 0. The van der Waals surface area contributed by atoms with Gasteiger partial charge in [0.15, 0.2) is 0 Å². The highest BCUT2D eigenvalue weighted by molar-refractivity contribution is 5.53. The summed E-state index contributed by atoms with van der Waals surface area (Å²) in [5, 5.41) is 27.9. The molecule has 0 aromatic heterocycles. The predicted molar refractivity (Wildman–Crippen MR) is 93.6 cm³/mol. The van der Waals surface area contributed by atoms with Crippen molar-refractivity contribution in [1.82, 2.24) is 0 Å². The number of hydrogen-bond acceptors (Lipinski definition) is 2. The molecule has 0 spiro atoms. The monoisotopic (exact) mass is 342 g/mol. The fourth-order valence-electron chi connectivity index (χ4n) is 1.06. The molecule has 1 saturated carbocycles. The topological polar surface area (TPSA) is 147 Å². The van der Waals surface area contributed by atoms with Crippen LogP contribution in [0.5, 0.6) is 0 Å². The fraction of sp³-hybridized carbons (Fsp3) is 0.875. The lowest BCUT2D eigenvalue weighted by Gasteiger charge is -2.05. The highest BCUT2D eigenvalue weighted by atomic mass is 16.6. The van der Waals surface area contributed by atoms with Gasteiger partial charge in [-0.05, 0) is 11.8 Å². The van der Waals surface area contributed by atoms with Crippen molar-refractivity contribution in [3.63, 3.8) is 0 Å². The van der Waals surface area contributed by atoms with Crippen LogP contribution in [-0.2, 0) is 0 Å². The molecule has 23 heavy (non-hydrogen) atoms. The molecular weight excluding hydrogens is 304 g/mol. The number of carbonyl (C=O) groups is 2. The van der Waals surface area contributed by atoms with Gasteiger partial charge in [-0.25, -0.2) is 9.59 Å². The van der Waals surface area contributed by atoms with E-state index in [1.54, 1.807) is 0 Å². The largest absolute Gasteiger partial charge is 0.503 e. The van der Waals surface area contributed by atoms with Crippen LogP contribution in [0.15, 0.2) is 0 Å². The molecule has 0 aromatic carbocycles. The molecule has 0 unspecified atom stereocenters. The van der Waals surface area contributed by atoms with Crippen LogP contribution in [0.2, 0.25) is 0 Å². The van der Waals surface area contributed by atoms with E-state index in [1.165, 1.54) is 38.5 Å². The quantitative estimate of drug-likeness (QED) is 0.470. The maximum atomic E-state index is 8.56. The second-order valence-electron chi connectivity index (χ2n) is 6.15. The van der Waals surface area contributed by atoms with Crippen molar-refractivity contribution in [2.75, 3.05) is 0 Å². The second-order valence-corrected chi connectivity index (χ2v) is 6.15. The second kappa shape index (κ2) is 28.6. The van der Waals surface area contributed by atoms with E-state index in [0.717, 1.165) is 11.8 Å². The molecule has 0 atom stereocenters. The molecule has 0 bridgehead atoms. The van der Waals surface area contributed by atoms with Gasteiger partial charge in [-0.2, -0.15) is 0 Å². The van der Waals surface area contributed by atoms with Crippen LogP contribution in [0.4, 0.5) is 9.59 Å². The van der Waals surface area contributed by atoms with Gasteiger partial charge >= 0.3 is 12.3 Å². The van der Waals surface area contributed by atoms with Gasteiger partial charge < -0.3 is 25.9 Å². The smallest absolute Gasteiger partial charge is 0.450 e. The van der Waals surface area contributed by atoms with Crippen molar-refractivity contribution < 1.29 is 35.5 Å². The summed E-state index contributed by atoms with van der Waals surface area (Å²) >= 11 is 0. The van der Waals surface area contributed by atoms with E-state index in [9.17, 15) is 0 Å². The van der Waals surface area contributed by atoms with E-state index in [2.05, 4.69) is 41.5 Å². The van der Waals surface area contributed by atoms with Gasteiger partial charge in [0.2, 0.25) is 0 Å². The minimum atomic E-state index is -1.83. The Labute approximate surface area is 140 Å². The van der Waals surface area contributed by atoms with E-state index in [4.69, 9.17) is 30.0 Å². The lowest BCUT2D eigenvalue weighted by Crippen LogP contribution is -1.85. The van der Waals surface area contributed by atoms with Crippen LogP contribution < -0.4 is 0 Å². The third-order valence-corrected chi connectivity index (χ3v) is 1.50. The minimum Gasteiger partial charge on any atom is -0.450 e. The molecule has 0 heterocycles. The van der Waals surface area contributed by atoms with Crippen molar-refractivity contribution in [3.8, 4) is 0 Å². The normalized spacial score (nSPS) is 11.5. The molecule has 7 heteroatoms. The Bertz CT molecular complexity index is 181. The zero-order valence-corrected chi connectivity index (χ0v) is 15.5. The lowest BCUT2D eigenvalue weighted by molar-refractivity contribution is 0.135. The van der Waals surface area contributed by atoms with Gasteiger partial charge in [0.1, 0.15) is 0 Å². The molecule has 144 valence electrons. The zero-order chi connectivity index (χ0) is 18.6. The summed E-state index contributed by atoms with van der Waals surface area (Å²) in [4.78, 5) is 17.1. The molecule has 1 rings (SSSR count). The summed E-state index contributed by atoms with van der Waals surface area (Å²) in [5.74, 6) is 1.67. The van der Waals surface area contributed by atoms with Crippen LogP contribution in [0.3, 0.4) is 0 Å². The molecule has 0 saturated heterocycles. The minimum absolute atomic E-state index is 0. The first-order chi connectivity index (χ1) is 9.93. The number of carboxylic acid groups (broad SMARTS) is 4. The molecule has 0 amide bonds. The van der Waals surface area contributed by atoms with Crippen LogP contribution in [0, 0.1) is 11.8 Å². The third kappa shape index (κ3) is 346. The van der Waals surface area contributed by atoms with Crippen molar-refractivity contribution >= 4 is 12.3 Å². The van der Waals surface area contributed by atoms with E-state index in [0.29, 0.717) is 0 Å². The Hall–Kier alpha value is -1.50. The molecule has 0 aliphatic heterocycles. The zero-order valence-electron chi connectivity index (χ0n) is 15.5. The predicted octanol–water partition coefficient (Wildman–Crippen LogP) is 5.29. The van der Waals surface area contributed by atoms with Gasteiger partial charge in [0, 0.05) is 0 Å². The van der Waals surface area contributed by atoms with Crippen molar-refractivity contribution in [3.05, 3.63) is 0 Å². The lowest BCUT2D eigenvalue weighted by atomic mass is 10.0. The maximum Gasteiger partial charge on any atom is 0.503 e. The van der Waals surface area contributed by atoms with E-state index < -0.39 is 12.3 Å². The van der Waals surface area contributed by atoms with Crippen LogP contribution in [0.25, 0.3) is 0 Å². The van der Waals surface area contributed by atoms with Crippen LogP contribution in [-0.4, -0.2) is 38.2 Å². The van der Waals surface area contributed by atoms with Gasteiger partial charge in [0.25, 0.3) is 0 Å². The molecule has 0 radical (unpaired) electrons. The third-order valence-electron chi connectivity index (χ3n) is 1.50. The van der Waals surface area contributed by atoms with E-state index in [1.807, 2.05) is 0 Å². The molecule has 1 fully saturated rings. The Kier molecular flexibility index (Phi) is 41.3. The SMILES string of the molecule is C1CCCCC1.CC(C)C.CC(C)C.O.O=C(O)O.O=C(O)O.